The predicted molar refractivity (Wildman–Crippen MR) is 83.4 cm³/mol. The molecule has 114 valence electrons. The number of pyridine rings is 1. The minimum absolute atomic E-state index is 0.0946. The van der Waals surface area contributed by atoms with Gasteiger partial charge in [-0.15, -0.1) is 0 Å². The second-order valence-electron chi connectivity index (χ2n) is 4.35. The van der Waals surface area contributed by atoms with Gasteiger partial charge in [0.05, 0.1) is 6.04 Å². The lowest BCUT2D eigenvalue weighted by Crippen LogP contribution is -2.28. The van der Waals surface area contributed by atoms with E-state index in [1.807, 2.05) is 6.92 Å². The number of hydrogen-bond donors (Lipinski definition) is 3. The zero-order valence-corrected chi connectivity index (χ0v) is 14.0. The number of nitrogens with one attached hydrogen (secondary N) is 3. The smallest absolute Gasteiger partial charge is 0.244 e. The van der Waals surface area contributed by atoms with Crippen molar-refractivity contribution in [3.8, 4) is 0 Å². The number of H-pyrrole nitrogens is 1. The third-order valence-corrected chi connectivity index (χ3v) is 4.70. The molecule has 1 unspecified atom stereocenters. The van der Waals surface area contributed by atoms with Crippen molar-refractivity contribution in [3.63, 3.8) is 0 Å². The molecule has 2 aromatic heterocycles. The summed E-state index contributed by atoms with van der Waals surface area (Å²) in [6, 6.07) is 1.04. The number of anilines is 1. The quantitative estimate of drug-likeness (QED) is 0.719. The molecule has 0 saturated carbocycles. The van der Waals surface area contributed by atoms with Crippen molar-refractivity contribution in [2.75, 3.05) is 11.9 Å². The van der Waals surface area contributed by atoms with Crippen LogP contribution in [0.4, 0.5) is 5.82 Å². The van der Waals surface area contributed by atoms with Crippen molar-refractivity contribution in [3.05, 3.63) is 35.0 Å². The normalized spacial score (nSPS) is 13.1. The molecule has 0 aliphatic rings. The number of aromatic amines is 1. The number of hydrogen-bond acceptors (Lipinski definition) is 5. The van der Waals surface area contributed by atoms with Gasteiger partial charge in [-0.3, -0.25) is 0 Å². The number of sulfonamides is 1. The molecule has 2 heterocycles. The van der Waals surface area contributed by atoms with Crippen molar-refractivity contribution < 1.29 is 8.42 Å². The highest BCUT2D eigenvalue weighted by Crippen LogP contribution is 2.24. The summed E-state index contributed by atoms with van der Waals surface area (Å²) < 4.78 is 28.2. The molecule has 9 heteroatoms. The monoisotopic (exact) mass is 373 g/mol. The zero-order chi connectivity index (χ0) is 15.5. The molecule has 2 rings (SSSR count). The Kier molecular flexibility index (Phi) is 4.96. The van der Waals surface area contributed by atoms with E-state index in [-0.39, 0.29) is 4.90 Å². The minimum atomic E-state index is -3.73. The van der Waals surface area contributed by atoms with Crippen LogP contribution < -0.4 is 10.0 Å². The Morgan fingerprint density at radius 3 is 2.81 bits per heavy atom. The van der Waals surface area contributed by atoms with Gasteiger partial charge >= 0.3 is 0 Å². The van der Waals surface area contributed by atoms with Crippen molar-refractivity contribution in [1.29, 1.82) is 0 Å². The number of rotatable bonds is 6. The van der Waals surface area contributed by atoms with Crippen molar-refractivity contribution in [1.82, 2.24) is 19.7 Å². The SMILES string of the molecule is CCNc1ncc(Br)cc1S(=O)(=O)NC(C)c1ncc[nH]1. The Morgan fingerprint density at radius 2 is 2.19 bits per heavy atom. The lowest BCUT2D eigenvalue weighted by Gasteiger charge is -2.15. The highest BCUT2D eigenvalue weighted by atomic mass is 79.9. The van der Waals surface area contributed by atoms with Gasteiger partial charge in [0.15, 0.2) is 0 Å². The zero-order valence-electron chi connectivity index (χ0n) is 11.6. The van der Waals surface area contributed by atoms with Crippen LogP contribution in [0.3, 0.4) is 0 Å². The lowest BCUT2D eigenvalue weighted by atomic mass is 10.3. The van der Waals surface area contributed by atoms with Gasteiger partial charge in [-0.1, -0.05) is 0 Å². The fourth-order valence-electron chi connectivity index (χ4n) is 1.79. The average Bonchev–Trinajstić information content (AvgIpc) is 2.94. The summed E-state index contributed by atoms with van der Waals surface area (Å²) in [6.07, 6.45) is 4.77. The first kappa shape index (κ1) is 15.9. The van der Waals surface area contributed by atoms with E-state index < -0.39 is 16.1 Å². The predicted octanol–water partition coefficient (Wildman–Crippen LogP) is 2.04. The van der Waals surface area contributed by atoms with E-state index in [1.54, 1.807) is 25.5 Å². The van der Waals surface area contributed by atoms with Crippen LogP contribution in [-0.2, 0) is 10.0 Å². The first-order chi connectivity index (χ1) is 9.94. The summed E-state index contributed by atoms with van der Waals surface area (Å²) in [7, 11) is -3.73. The second-order valence-corrected chi connectivity index (χ2v) is 6.95. The Balaban J connectivity index is 2.33. The van der Waals surface area contributed by atoms with E-state index in [1.165, 1.54) is 6.07 Å². The molecule has 1 atom stereocenters. The Labute approximate surface area is 131 Å². The third-order valence-electron chi connectivity index (χ3n) is 2.71. The van der Waals surface area contributed by atoms with Crippen LogP contribution >= 0.6 is 15.9 Å². The van der Waals surface area contributed by atoms with Crippen molar-refractivity contribution in [2.45, 2.75) is 24.8 Å². The molecule has 0 aliphatic carbocycles. The molecule has 0 aromatic carbocycles. The van der Waals surface area contributed by atoms with E-state index in [0.717, 1.165) is 0 Å². The largest absolute Gasteiger partial charge is 0.369 e. The molecular formula is C12H16BrN5O2S. The summed E-state index contributed by atoms with van der Waals surface area (Å²) in [5, 5.41) is 2.94. The van der Waals surface area contributed by atoms with E-state index in [0.29, 0.717) is 22.7 Å². The molecule has 21 heavy (non-hydrogen) atoms. The second kappa shape index (κ2) is 6.54. The molecule has 0 spiro atoms. The summed E-state index contributed by atoms with van der Waals surface area (Å²) in [5.41, 5.74) is 0. The third kappa shape index (κ3) is 3.80. The summed E-state index contributed by atoms with van der Waals surface area (Å²) in [4.78, 5) is 11.1. The van der Waals surface area contributed by atoms with E-state index >= 15 is 0 Å². The number of nitrogens with zero attached hydrogens (tertiary/aromatic N) is 2. The maximum absolute atomic E-state index is 12.5. The molecule has 0 amide bonds. The van der Waals surface area contributed by atoms with Gasteiger partial charge in [-0.05, 0) is 35.8 Å². The fourth-order valence-corrected chi connectivity index (χ4v) is 3.64. The molecule has 0 bridgehead atoms. The van der Waals surface area contributed by atoms with E-state index in [9.17, 15) is 8.42 Å². The van der Waals surface area contributed by atoms with Crippen LogP contribution in [0.2, 0.25) is 0 Å². The Bertz CT molecular complexity index is 702. The van der Waals surface area contributed by atoms with E-state index in [4.69, 9.17) is 0 Å². The molecular weight excluding hydrogens is 358 g/mol. The molecule has 0 radical (unpaired) electrons. The Morgan fingerprint density at radius 1 is 1.43 bits per heavy atom. The molecule has 0 aliphatic heterocycles. The molecule has 2 aromatic rings. The molecule has 0 saturated heterocycles. The van der Waals surface area contributed by atoms with Crippen LogP contribution in [0.25, 0.3) is 0 Å². The van der Waals surface area contributed by atoms with Crippen LogP contribution in [0.1, 0.15) is 25.7 Å². The first-order valence-electron chi connectivity index (χ1n) is 6.35. The summed E-state index contributed by atoms with van der Waals surface area (Å²) in [6.45, 7) is 4.17. The lowest BCUT2D eigenvalue weighted by molar-refractivity contribution is 0.561. The maximum atomic E-state index is 12.5. The van der Waals surface area contributed by atoms with Gasteiger partial charge < -0.3 is 10.3 Å². The number of imidazole rings is 1. The molecule has 7 nitrogen and oxygen atoms in total. The summed E-state index contributed by atoms with van der Waals surface area (Å²) in [5.74, 6) is 0.867. The summed E-state index contributed by atoms with van der Waals surface area (Å²) >= 11 is 3.24. The molecule has 0 fully saturated rings. The minimum Gasteiger partial charge on any atom is -0.369 e. The highest BCUT2D eigenvalue weighted by molar-refractivity contribution is 9.10. The van der Waals surface area contributed by atoms with Gasteiger partial charge in [-0.25, -0.2) is 23.1 Å². The average molecular weight is 374 g/mol. The van der Waals surface area contributed by atoms with Crippen molar-refractivity contribution in [2.24, 2.45) is 0 Å². The number of halogens is 1. The van der Waals surface area contributed by atoms with Crippen molar-refractivity contribution >= 4 is 31.8 Å². The maximum Gasteiger partial charge on any atom is 0.244 e. The van der Waals surface area contributed by atoms with Crippen LogP contribution in [0.15, 0.2) is 34.0 Å². The van der Waals surface area contributed by atoms with Gasteiger partial charge in [0.2, 0.25) is 10.0 Å². The van der Waals surface area contributed by atoms with Gasteiger partial charge in [-0.2, -0.15) is 0 Å². The topological polar surface area (TPSA) is 99.8 Å². The van der Waals surface area contributed by atoms with Gasteiger partial charge in [0.1, 0.15) is 16.5 Å². The van der Waals surface area contributed by atoms with Crippen LogP contribution in [0, 0.1) is 0 Å². The van der Waals surface area contributed by atoms with Gasteiger partial charge in [0.25, 0.3) is 0 Å². The van der Waals surface area contributed by atoms with E-state index in [2.05, 4.69) is 40.9 Å². The number of aromatic nitrogens is 3. The van der Waals surface area contributed by atoms with Crippen LogP contribution in [0.5, 0.6) is 0 Å². The fraction of sp³-hybridized carbons (Fsp3) is 0.333. The molecule has 3 N–H and O–H groups in total. The standard InChI is InChI=1S/C12H16BrN5O2S/c1-3-14-12-10(6-9(13)7-17-12)21(19,20)18-8(2)11-15-4-5-16-11/h4-8,18H,3H2,1-2H3,(H,14,17)(H,15,16). The first-order valence-corrected chi connectivity index (χ1v) is 8.62. The van der Waals surface area contributed by atoms with Crippen LogP contribution in [-0.4, -0.2) is 29.9 Å². The van der Waals surface area contributed by atoms with Gasteiger partial charge in [0, 0.05) is 29.6 Å². The highest BCUT2D eigenvalue weighted by Gasteiger charge is 2.23. The Hall–Kier alpha value is -1.45.